The zero-order valence-corrected chi connectivity index (χ0v) is 9.15. The maximum Gasteiger partial charge on any atom is 0.0625 e. The van der Waals surface area contributed by atoms with Crippen LogP contribution in [0.5, 0.6) is 0 Å². The number of thiol groups is 1. The molecule has 1 N–H and O–H groups in total. The van der Waals surface area contributed by atoms with Crippen LogP contribution in [0.3, 0.4) is 0 Å². The molecule has 0 bridgehead atoms. The van der Waals surface area contributed by atoms with Gasteiger partial charge in [-0.2, -0.15) is 12.6 Å². The van der Waals surface area contributed by atoms with Gasteiger partial charge in [0.25, 0.3) is 0 Å². The molecule has 72 valence electrons. The van der Waals surface area contributed by atoms with Gasteiger partial charge in [-0.1, -0.05) is 24.6 Å². The van der Waals surface area contributed by atoms with Crippen LogP contribution in [0.4, 0.5) is 0 Å². The molecule has 2 aliphatic rings. The van der Waals surface area contributed by atoms with Crippen molar-refractivity contribution in [2.45, 2.75) is 19.4 Å². The lowest BCUT2D eigenvalue weighted by molar-refractivity contribution is 0.196. The van der Waals surface area contributed by atoms with E-state index in [1.54, 1.807) is 0 Å². The molecule has 0 amide bonds. The van der Waals surface area contributed by atoms with Gasteiger partial charge in [0.1, 0.15) is 0 Å². The van der Waals surface area contributed by atoms with Crippen LogP contribution in [0, 0.1) is 0 Å². The van der Waals surface area contributed by atoms with E-state index < -0.39 is 0 Å². The van der Waals surface area contributed by atoms with Crippen LogP contribution in [0.1, 0.15) is 13.3 Å². The van der Waals surface area contributed by atoms with E-state index in [2.05, 4.69) is 18.7 Å². The van der Waals surface area contributed by atoms with E-state index in [-0.39, 0.29) is 6.10 Å². The molecular formula is C10H13ClOS. The molecule has 1 unspecified atom stereocenters. The number of aliphatic hydroxyl groups is 1. The minimum atomic E-state index is -0.201. The molecule has 0 heterocycles. The van der Waals surface area contributed by atoms with Crippen LogP contribution in [0.25, 0.3) is 11.1 Å². The molecule has 13 heavy (non-hydrogen) atoms. The largest absolute Gasteiger partial charge is 0.392 e. The van der Waals surface area contributed by atoms with Crippen molar-refractivity contribution in [1.82, 2.24) is 0 Å². The minimum Gasteiger partial charge on any atom is -0.392 e. The Bertz CT molecular complexity index is 284. The third kappa shape index (κ3) is 3.22. The summed E-state index contributed by atoms with van der Waals surface area (Å²) < 4.78 is 0. The molecule has 0 aliphatic heterocycles. The fourth-order valence-corrected chi connectivity index (χ4v) is 1.33. The van der Waals surface area contributed by atoms with Gasteiger partial charge in [-0.25, -0.2) is 0 Å². The molecule has 0 fully saturated rings. The van der Waals surface area contributed by atoms with E-state index in [9.17, 15) is 0 Å². The van der Waals surface area contributed by atoms with Gasteiger partial charge in [0.15, 0.2) is 0 Å². The first-order valence-electron chi connectivity index (χ1n) is 4.28. The molecule has 0 saturated carbocycles. The zero-order chi connectivity index (χ0) is 9.84. The van der Waals surface area contributed by atoms with E-state index in [0.717, 1.165) is 11.4 Å². The van der Waals surface area contributed by atoms with Crippen LogP contribution in [-0.4, -0.2) is 17.0 Å². The third-order valence-electron chi connectivity index (χ3n) is 1.88. The quantitative estimate of drug-likeness (QED) is 0.740. The predicted molar refractivity (Wildman–Crippen MR) is 60.6 cm³/mol. The second-order valence-electron chi connectivity index (χ2n) is 2.94. The SMILES string of the molecule is CCC(O)CS.Clc1ccc2cc1-2. The van der Waals surface area contributed by atoms with Crippen LogP contribution in [0.2, 0.25) is 5.02 Å². The molecule has 0 spiro atoms. The van der Waals surface area contributed by atoms with Gasteiger partial charge in [0.05, 0.1) is 6.10 Å². The Morgan fingerprint density at radius 2 is 2.23 bits per heavy atom. The van der Waals surface area contributed by atoms with Crippen LogP contribution >= 0.6 is 24.2 Å². The first kappa shape index (κ1) is 10.9. The smallest absolute Gasteiger partial charge is 0.0625 e. The monoisotopic (exact) mass is 216 g/mol. The maximum atomic E-state index is 8.59. The fraction of sp³-hybridized carbons (Fsp3) is 0.400. The Kier molecular flexibility index (Phi) is 4.10. The third-order valence-corrected chi connectivity index (χ3v) is 2.63. The summed E-state index contributed by atoms with van der Waals surface area (Å²) in [4.78, 5) is 0. The fourth-order valence-electron chi connectivity index (χ4n) is 0.846. The van der Waals surface area contributed by atoms with Gasteiger partial charge in [-0.15, -0.1) is 0 Å². The van der Waals surface area contributed by atoms with Crippen molar-refractivity contribution >= 4 is 24.2 Å². The number of hydrogen-bond donors (Lipinski definition) is 2. The standard InChI is InChI=1S/C6H3Cl.C4H10OS/c7-6-2-1-4-3-5(4)6;1-2-4(5)3-6/h1-3H;4-6H,2-3H2,1H3. The highest BCUT2D eigenvalue weighted by Crippen LogP contribution is 2.40. The van der Waals surface area contributed by atoms with Gasteiger partial charge in [0, 0.05) is 16.3 Å². The lowest BCUT2D eigenvalue weighted by Gasteiger charge is -1.97. The summed E-state index contributed by atoms with van der Waals surface area (Å²) in [5.41, 5.74) is 2.55. The number of fused-ring (bicyclic) bond motifs is 1. The Balaban J connectivity index is 0.000000133. The zero-order valence-electron chi connectivity index (χ0n) is 7.50. The molecule has 0 radical (unpaired) electrons. The molecular weight excluding hydrogens is 204 g/mol. The van der Waals surface area contributed by atoms with Crippen LogP contribution in [-0.2, 0) is 0 Å². The van der Waals surface area contributed by atoms with Gasteiger partial charge >= 0.3 is 0 Å². The van der Waals surface area contributed by atoms with E-state index in [1.165, 1.54) is 11.1 Å². The van der Waals surface area contributed by atoms with E-state index in [1.807, 2.05) is 19.1 Å². The molecule has 2 aliphatic carbocycles. The topological polar surface area (TPSA) is 20.2 Å². The van der Waals surface area contributed by atoms with Crippen LogP contribution in [0.15, 0.2) is 18.2 Å². The summed E-state index contributed by atoms with van der Waals surface area (Å²) in [6.07, 6.45) is 0.608. The number of rotatable bonds is 2. The molecule has 0 aromatic carbocycles. The van der Waals surface area contributed by atoms with E-state index in [0.29, 0.717) is 5.75 Å². The highest BCUT2D eigenvalue weighted by Gasteiger charge is 2.14. The van der Waals surface area contributed by atoms with Gasteiger partial charge in [-0.3, -0.25) is 0 Å². The molecule has 2 rings (SSSR count). The molecule has 1 atom stereocenters. The lowest BCUT2D eigenvalue weighted by Crippen LogP contribution is -2.04. The van der Waals surface area contributed by atoms with Crippen molar-refractivity contribution in [2.24, 2.45) is 0 Å². The molecule has 0 aromatic heterocycles. The lowest BCUT2D eigenvalue weighted by atomic mass is 10.3. The Labute approximate surface area is 89.1 Å². The first-order chi connectivity index (χ1) is 6.19. The number of halogens is 1. The number of aliphatic hydroxyl groups excluding tert-OH is 1. The van der Waals surface area contributed by atoms with Crippen molar-refractivity contribution in [3.05, 3.63) is 23.2 Å². The summed E-state index contributed by atoms with van der Waals surface area (Å²) in [5.74, 6) is 0.580. The number of hydrogen-bond acceptors (Lipinski definition) is 2. The van der Waals surface area contributed by atoms with Gasteiger partial charge < -0.3 is 5.11 Å². The first-order valence-corrected chi connectivity index (χ1v) is 5.29. The van der Waals surface area contributed by atoms with Crippen molar-refractivity contribution in [1.29, 1.82) is 0 Å². The average Bonchev–Trinajstić information content (AvgIpc) is 2.86. The van der Waals surface area contributed by atoms with Crippen molar-refractivity contribution in [3.63, 3.8) is 0 Å². The van der Waals surface area contributed by atoms with E-state index >= 15 is 0 Å². The summed E-state index contributed by atoms with van der Waals surface area (Å²) in [6.45, 7) is 1.93. The summed E-state index contributed by atoms with van der Waals surface area (Å²) in [6, 6.07) is 6.02. The van der Waals surface area contributed by atoms with Crippen molar-refractivity contribution < 1.29 is 5.11 Å². The van der Waals surface area contributed by atoms with Crippen molar-refractivity contribution in [3.8, 4) is 11.1 Å². The Morgan fingerprint density at radius 1 is 1.54 bits per heavy atom. The highest BCUT2D eigenvalue weighted by molar-refractivity contribution is 7.80. The molecule has 0 aromatic rings. The molecule has 0 saturated heterocycles. The number of benzene rings is 1. The summed E-state index contributed by atoms with van der Waals surface area (Å²) in [7, 11) is 0. The van der Waals surface area contributed by atoms with Gasteiger partial charge in [-0.05, 0) is 24.1 Å². The van der Waals surface area contributed by atoms with E-state index in [4.69, 9.17) is 16.7 Å². The Hall–Kier alpha value is -0.180. The summed E-state index contributed by atoms with van der Waals surface area (Å²) in [5, 5.41) is 9.49. The Morgan fingerprint density at radius 3 is 2.31 bits per heavy atom. The second-order valence-corrected chi connectivity index (χ2v) is 3.71. The molecule has 1 nitrogen and oxygen atoms in total. The minimum absolute atomic E-state index is 0.201. The van der Waals surface area contributed by atoms with Gasteiger partial charge in [0.2, 0.25) is 0 Å². The summed E-state index contributed by atoms with van der Waals surface area (Å²) >= 11 is 9.49. The average molecular weight is 217 g/mol. The second kappa shape index (κ2) is 4.89. The molecule has 3 heteroatoms. The normalized spacial score (nSPS) is 12.9. The maximum absolute atomic E-state index is 8.59. The van der Waals surface area contributed by atoms with Crippen LogP contribution < -0.4 is 0 Å². The highest BCUT2D eigenvalue weighted by atomic mass is 35.5. The van der Waals surface area contributed by atoms with Crippen molar-refractivity contribution in [2.75, 3.05) is 5.75 Å². The predicted octanol–water partition coefficient (Wildman–Crippen LogP) is 3.01.